The first-order valence-electron chi connectivity index (χ1n) is 5.80. The number of aliphatic hydroxyl groups excluding tert-OH is 1. The maximum absolute atomic E-state index is 14.0. The molecule has 0 aliphatic carbocycles. The Balaban J connectivity index is 2.53. The predicted molar refractivity (Wildman–Crippen MR) is 76.4 cm³/mol. The molecule has 4 heteroatoms. The Bertz CT molecular complexity index is 603. The van der Waals surface area contributed by atoms with E-state index in [4.69, 9.17) is 23.2 Å². The topological polar surface area (TPSA) is 20.2 Å². The van der Waals surface area contributed by atoms with Crippen LogP contribution in [0, 0.1) is 19.7 Å². The zero-order valence-electron chi connectivity index (χ0n) is 10.5. The van der Waals surface area contributed by atoms with Gasteiger partial charge in [0.05, 0.1) is 0 Å². The van der Waals surface area contributed by atoms with E-state index in [1.807, 2.05) is 13.0 Å². The fourth-order valence-electron chi connectivity index (χ4n) is 2.15. The normalized spacial score (nSPS) is 12.5. The van der Waals surface area contributed by atoms with Crippen molar-refractivity contribution in [2.24, 2.45) is 0 Å². The van der Waals surface area contributed by atoms with Gasteiger partial charge < -0.3 is 5.11 Å². The number of rotatable bonds is 2. The van der Waals surface area contributed by atoms with Gasteiger partial charge in [0.2, 0.25) is 0 Å². The van der Waals surface area contributed by atoms with Crippen LogP contribution >= 0.6 is 23.2 Å². The lowest BCUT2D eigenvalue weighted by molar-refractivity contribution is 0.214. The zero-order valence-corrected chi connectivity index (χ0v) is 12.1. The minimum absolute atomic E-state index is 0.245. The zero-order chi connectivity index (χ0) is 14.2. The van der Waals surface area contributed by atoms with Gasteiger partial charge in [0.25, 0.3) is 0 Å². The Hall–Kier alpha value is -1.09. The fraction of sp³-hybridized carbons (Fsp3) is 0.200. The minimum Gasteiger partial charge on any atom is -0.383 e. The van der Waals surface area contributed by atoms with Crippen molar-refractivity contribution in [3.63, 3.8) is 0 Å². The second kappa shape index (κ2) is 5.49. The molecule has 100 valence electrons. The van der Waals surface area contributed by atoms with E-state index in [-0.39, 0.29) is 5.56 Å². The molecule has 1 atom stereocenters. The van der Waals surface area contributed by atoms with E-state index in [0.717, 1.165) is 5.56 Å². The molecule has 0 spiro atoms. The summed E-state index contributed by atoms with van der Waals surface area (Å²) in [4.78, 5) is 0. The molecule has 2 rings (SSSR count). The molecule has 0 bridgehead atoms. The highest BCUT2D eigenvalue weighted by Gasteiger charge is 2.20. The van der Waals surface area contributed by atoms with Gasteiger partial charge in [-0.05, 0) is 43.2 Å². The molecule has 2 aromatic carbocycles. The fourth-order valence-corrected chi connectivity index (χ4v) is 2.66. The highest BCUT2D eigenvalue weighted by molar-refractivity contribution is 6.35. The van der Waals surface area contributed by atoms with E-state index in [2.05, 4.69) is 0 Å². The third-order valence-corrected chi connectivity index (χ3v) is 3.57. The lowest BCUT2D eigenvalue weighted by Crippen LogP contribution is -2.06. The van der Waals surface area contributed by atoms with E-state index >= 15 is 0 Å². The molecule has 0 aliphatic heterocycles. The van der Waals surface area contributed by atoms with Crippen LogP contribution in [-0.2, 0) is 0 Å². The summed E-state index contributed by atoms with van der Waals surface area (Å²) in [6.45, 7) is 3.57. The van der Waals surface area contributed by atoms with Crippen molar-refractivity contribution in [3.8, 4) is 0 Å². The minimum atomic E-state index is -1.11. The number of aryl methyl sites for hydroxylation is 2. The number of benzene rings is 2. The van der Waals surface area contributed by atoms with E-state index in [9.17, 15) is 9.50 Å². The Labute approximate surface area is 121 Å². The average molecular weight is 299 g/mol. The number of halogens is 3. The molecule has 0 saturated heterocycles. The van der Waals surface area contributed by atoms with Gasteiger partial charge in [-0.1, -0.05) is 35.3 Å². The molecule has 0 saturated carbocycles. The van der Waals surface area contributed by atoms with E-state index in [0.29, 0.717) is 21.2 Å². The predicted octanol–water partition coefficient (Wildman–Crippen LogP) is 4.83. The second-order valence-electron chi connectivity index (χ2n) is 4.55. The number of aliphatic hydroxyl groups is 1. The van der Waals surface area contributed by atoms with Crippen molar-refractivity contribution in [1.82, 2.24) is 0 Å². The maximum Gasteiger partial charge on any atom is 0.129 e. The lowest BCUT2D eigenvalue weighted by atomic mass is 9.95. The SMILES string of the molecule is Cc1cc(C)c(C(O)c2ccc(Cl)cc2Cl)c(F)c1. The van der Waals surface area contributed by atoms with E-state index in [1.165, 1.54) is 12.1 Å². The van der Waals surface area contributed by atoms with Gasteiger partial charge in [0.15, 0.2) is 0 Å². The van der Waals surface area contributed by atoms with Crippen LogP contribution in [0.3, 0.4) is 0 Å². The summed E-state index contributed by atoms with van der Waals surface area (Å²) in [6.07, 6.45) is -1.11. The van der Waals surface area contributed by atoms with Crippen molar-refractivity contribution in [2.75, 3.05) is 0 Å². The Morgan fingerprint density at radius 1 is 1.11 bits per heavy atom. The lowest BCUT2D eigenvalue weighted by Gasteiger charge is -2.17. The maximum atomic E-state index is 14.0. The average Bonchev–Trinajstić information content (AvgIpc) is 2.26. The summed E-state index contributed by atoms with van der Waals surface area (Å²) in [5.41, 5.74) is 2.19. The Morgan fingerprint density at radius 2 is 1.79 bits per heavy atom. The molecule has 1 unspecified atom stereocenters. The van der Waals surface area contributed by atoms with Crippen LogP contribution in [-0.4, -0.2) is 5.11 Å². The first-order chi connectivity index (χ1) is 8.90. The van der Waals surface area contributed by atoms with Gasteiger partial charge in [-0.3, -0.25) is 0 Å². The highest BCUT2D eigenvalue weighted by Crippen LogP contribution is 2.33. The van der Waals surface area contributed by atoms with Crippen molar-refractivity contribution >= 4 is 23.2 Å². The number of hydrogen-bond donors (Lipinski definition) is 1. The van der Waals surface area contributed by atoms with Crippen LogP contribution in [0.25, 0.3) is 0 Å². The summed E-state index contributed by atoms with van der Waals surface area (Å²) in [5, 5.41) is 11.1. The third kappa shape index (κ3) is 2.92. The largest absolute Gasteiger partial charge is 0.383 e. The Kier molecular flexibility index (Phi) is 4.14. The summed E-state index contributed by atoms with van der Waals surface area (Å²) in [7, 11) is 0. The highest BCUT2D eigenvalue weighted by atomic mass is 35.5. The molecule has 1 N–H and O–H groups in total. The standard InChI is InChI=1S/C15H13Cl2FO/c1-8-5-9(2)14(13(18)6-8)15(19)11-4-3-10(16)7-12(11)17/h3-7,15,19H,1-2H3. The van der Waals surface area contributed by atoms with Crippen LogP contribution in [0.2, 0.25) is 10.0 Å². The molecule has 0 amide bonds. The van der Waals surface area contributed by atoms with Crippen LogP contribution < -0.4 is 0 Å². The molecule has 0 aliphatic rings. The summed E-state index contributed by atoms with van der Waals surface area (Å²) >= 11 is 11.9. The van der Waals surface area contributed by atoms with Crippen molar-refractivity contribution in [1.29, 1.82) is 0 Å². The van der Waals surface area contributed by atoms with Gasteiger partial charge in [-0.15, -0.1) is 0 Å². The molecular weight excluding hydrogens is 286 g/mol. The first kappa shape index (κ1) is 14.3. The summed E-state index contributed by atoms with van der Waals surface area (Å²) in [5.74, 6) is -0.434. The van der Waals surface area contributed by atoms with Crippen LogP contribution in [0.1, 0.15) is 28.4 Å². The van der Waals surface area contributed by atoms with Gasteiger partial charge in [-0.2, -0.15) is 0 Å². The molecule has 0 fully saturated rings. The molecule has 1 nitrogen and oxygen atoms in total. The quantitative estimate of drug-likeness (QED) is 0.842. The second-order valence-corrected chi connectivity index (χ2v) is 5.39. The van der Waals surface area contributed by atoms with Crippen LogP contribution in [0.4, 0.5) is 4.39 Å². The van der Waals surface area contributed by atoms with E-state index in [1.54, 1.807) is 19.1 Å². The Morgan fingerprint density at radius 3 is 2.37 bits per heavy atom. The first-order valence-corrected chi connectivity index (χ1v) is 6.55. The molecule has 2 aromatic rings. The van der Waals surface area contributed by atoms with Crippen molar-refractivity contribution < 1.29 is 9.50 Å². The van der Waals surface area contributed by atoms with Crippen LogP contribution in [0.5, 0.6) is 0 Å². The van der Waals surface area contributed by atoms with Crippen molar-refractivity contribution in [2.45, 2.75) is 20.0 Å². The van der Waals surface area contributed by atoms with Gasteiger partial charge in [0.1, 0.15) is 11.9 Å². The van der Waals surface area contributed by atoms with Crippen molar-refractivity contribution in [3.05, 3.63) is 68.4 Å². The van der Waals surface area contributed by atoms with Crippen LogP contribution in [0.15, 0.2) is 30.3 Å². The smallest absolute Gasteiger partial charge is 0.129 e. The molecule has 0 aromatic heterocycles. The van der Waals surface area contributed by atoms with Gasteiger partial charge in [-0.25, -0.2) is 4.39 Å². The van der Waals surface area contributed by atoms with Gasteiger partial charge in [0, 0.05) is 21.2 Å². The van der Waals surface area contributed by atoms with E-state index < -0.39 is 11.9 Å². The molecule has 0 heterocycles. The molecular formula is C15H13Cl2FO. The summed E-state index contributed by atoms with van der Waals surface area (Å²) < 4.78 is 14.0. The molecule has 0 radical (unpaired) electrons. The summed E-state index contributed by atoms with van der Waals surface area (Å²) in [6, 6.07) is 7.98. The monoisotopic (exact) mass is 298 g/mol. The third-order valence-electron chi connectivity index (χ3n) is 3.01. The molecule has 19 heavy (non-hydrogen) atoms. The number of hydrogen-bond acceptors (Lipinski definition) is 1. The van der Waals surface area contributed by atoms with Gasteiger partial charge >= 0.3 is 0 Å².